The van der Waals surface area contributed by atoms with Gasteiger partial charge in [-0.3, -0.25) is 4.99 Å². The number of hydrogen-bond donors (Lipinski definition) is 1. The van der Waals surface area contributed by atoms with Crippen molar-refractivity contribution in [3.8, 4) is 0 Å². The second-order valence-electron chi connectivity index (χ2n) is 4.83. The SMILES string of the molecule is CC1CC(c2ccc(F)cc2)=Nc2ccccc2N1. The number of halogens is 1. The van der Waals surface area contributed by atoms with Crippen molar-refractivity contribution in [3.05, 3.63) is 59.9 Å². The monoisotopic (exact) mass is 254 g/mol. The number of benzene rings is 2. The van der Waals surface area contributed by atoms with Gasteiger partial charge in [-0.1, -0.05) is 24.3 Å². The molecule has 1 N–H and O–H groups in total. The van der Waals surface area contributed by atoms with Crippen LogP contribution >= 0.6 is 0 Å². The third-order valence-electron chi connectivity index (χ3n) is 3.24. The van der Waals surface area contributed by atoms with Gasteiger partial charge in [0.2, 0.25) is 0 Å². The van der Waals surface area contributed by atoms with E-state index in [4.69, 9.17) is 4.99 Å². The van der Waals surface area contributed by atoms with Crippen molar-refractivity contribution in [1.82, 2.24) is 0 Å². The number of para-hydroxylation sites is 2. The predicted molar refractivity (Wildman–Crippen MR) is 76.7 cm³/mol. The molecule has 0 saturated carbocycles. The smallest absolute Gasteiger partial charge is 0.123 e. The zero-order valence-electron chi connectivity index (χ0n) is 10.7. The molecule has 0 spiro atoms. The molecule has 19 heavy (non-hydrogen) atoms. The number of nitrogens with zero attached hydrogens (tertiary/aromatic N) is 1. The molecule has 0 aliphatic carbocycles. The molecule has 2 nitrogen and oxygen atoms in total. The summed E-state index contributed by atoms with van der Waals surface area (Å²) in [6.07, 6.45) is 0.820. The molecular weight excluding hydrogens is 239 g/mol. The average molecular weight is 254 g/mol. The normalized spacial score (nSPS) is 18.0. The van der Waals surface area contributed by atoms with E-state index in [9.17, 15) is 4.39 Å². The van der Waals surface area contributed by atoms with Crippen LogP contribution in [0.4, 0.5) is 15.8 Å². The lowest BCUT2D eigenvalue weighted by Gasteiger charge is -2.13. The maximum absolute atomic E-state index is 13.0. The van der Waals surface area contributed by atoms with E-state index in [-0.39, 0.29) is 5.82 Å². The Hall–Kier alpha value is -2.16. The zero-order chi connectivity index (χ0) is 13.2. The van der Waals surface area contributed by atoms with E-state index >= 15 is 0 Å². The van der Waals surface area contributed by atoms with Crippen molar-refractivity contribution >= 4 is 17.1 Å². The molecule has 0 radical (unpaired) electrons. The van der Waals surface area contributed by atoms with Crippen molar-refractivity contribution in [2.45, 2.75) is 19.4 Å². The Balaban J connectivity index is 2.06. The fourth-order valence-corrected chi connectivity index (χ4v) is 2.32. The van der Waals surface area contributed by atoms with Crippen LogP contribution < -0.4 is 5.32 Å². The summed E-state index contributed by atoms with van der Waals surface area (Å²) in [5.41, 5.74) is 3.95. The van der Waals surface area contributed by atoms with Gasteiger partial charge in [0, 0.05) is 12.5 Å². The molecule has 2 aromatic rings. The maximum Gasteiger partial charge on any atom is 0.123 e. The van der Waals surface area contributed by atoms with Gasteiger partial charge in [0.25, 0.3) is 0 Å². The van der Waals surface area contributed by atoms with Crippen LogP contribution in [0.5, 0.6) is 0 Å². The first-order chi connectivity index (χ1) is 9.22. The number of rotatable bonds is 1. The van der Waals surface area contributed by atoms with Crippen LogP contribution in [0, 0.1) is 5.82 Å². The Morgan fingerprint density at radius 1 is 1.11 bits per heavy atom. The molecule has 1 aliphatic heterocycles. The fourth-order valence-electron chi connectivity index (χ4n) is 2.32. The molecule has 96 valence electrons. The molecule has 1 heterocycles. The van der Waals surface area contributed by atoms with E-state index in [1.54, 1.807) is 12.1 Å². The molecule has 0 amide bonds. The second-order valence-corrected chi connectivity index (χ2v) is 4.83. The van der Waals surface area contributed by atoms with Crippen LogP contribution in [-0.2, 0) is 0 Å². The Kier molecular flexibility index (Phi) is 3.03. The summed E-state index contributed by atoms with van der Waals surface area (Å²) in [6.45, 7) is 2.13. The first-order valence-electron chi connectivity index (χ1n) is 6.41. The summed E-state index contributed by atoms with van der Waals surface area (Å²) in [4.78, 5) is 4.72. The largest absolute Gasteiger partial charge is 0.380 e. The number of anilines is 1. The zero-order valence-corrected chi connectivity index (χ0v) is 10.7. The van der Waals surface area contributed by atoms with E-state index in [1.165, 1.54) is 12.1 Å². The number of hydrogen-bond acceptors (Lipinski definition) is 2. The molecule has 1 unspecified atom stereocenters. The highest BCUT2D eigenvalue weighted by atomic mass is 19.1. The van der Waals surface area contributed by atoms with Gasteiger partial charge < -0.3 is 5.32 Å². The highest BCUT2D eigenvalue weighted by Gasteiger charge is 2.15. The molecule has 0 aromatic heterocycles. The molecule has 0 bridgehead atoms. The van der Waals surface area contributed by atoms with Gasteiger partial charge in [-0.25, -0.2) is 4.39 Å². The highest BCUT2D eigenvalue weighted by Crippen LogP contribution is 2.29. The second kappa shape index (κ2) is 4.84. The number of fused-ring (bicyclic) bond motifs is 1. The highest BCUT2D eigenvalue weighted by molar-refractivity contribution is 6.03. The molecule has 0 fully saturated rings. The topological polar surface area (TPSA) is 24.4 Å². The molecule has 3 heteroatoms. The Bertz CT molecular complexity index is 617. The standard InChI is InChI=1S/C16H15FN2/c1-11-10-16(12-6-8-13(17)9-7-12)19-15-5-3-2-4-14(15)18-11/h2-9,11,18H,10H2,1H3. The maximum atomic E-state index is 13.0. The predicted octanol–water partition coefficient (Wildman–Crippen LogP) is 4.15. The van der Waals surface area contributed by atoms with E-state index in [0.717, 1.165) is 29.1 Å². The summed E-state index contributed by atoms with van der Waals surface area (Å²) in [5, 5.41) is 3.44. The van der Waals surface area contributed by atoms with Gasteiger partial charge in [-0.05, 0) is 36.8 Å². The van der Waals surface area contributed by atoms with Crippen LogP contribution in [0.3, 0.4) is 0 Å². The van der Waals surface area contributed by atoms with Gasteiger partial charge in [0.15, 0.2) is 0 Å². The molecule has 1 aliphatic rings. The number of nitrogens with one attached hydrogen (secondary N) is 1. The van der Waals surface area contributed by atoms with Crippen LogP contribution in [0.2, 0.25) is 0 Å². The van der Waals surface area contributed by atoms with Crippen molar-refractivity contribution in [2.24, 2.45) is 4.99 Å². The van der Waals surface area contributed by atoms with E-state index in [2.05, 4.69) is 12.2 Å². The minimum atomic E-state index is -0.218. The summed E-state index contributed by atoms with van der Waals surface area (Å²) < 4.78 is 13.0. The molecule has 3 rings (SSSR count). The molecule has 0 saturated heterocycles. The van der Waals surface area contributed by atoms with E-state index < -0.39 is 0 Å². The van der Waals surface area contributed by atoms with Crippen molar-refractivity contribution in [3.63, 3.8) is 0 Å². The Morgan fingerprint density at radius 2 is 1.84 bits per heavy atom. The lowest BCUT2D eigenvalue weighted by Crippen LogP contribution is -2.18. The Morgan fingerprint density at radius 3 is 2.63 bits per heavy atom. The minimum Gasteiger partial charge on any atom is -0.380 e. The van der Waals surface area contributed by atoms with Gasteiger partial charge in [-0.15, -0.1) is 0 Å². The molecule has 1 atom stereocenters. The van der Waals surface area contributed by atoms with Gasteiger partial charge in [-0.2, -0.15) is 0 Å². The summed E-state index contributed by atoms with van der Waals surface area (Å²) >= 11 is 0. The third kappa shape index (κ3) is 2.50. The van der Waals surface area contributed by atoms with Crippen molar-refractivity contribution < 1.29 is 4.39 Å². The van der Waals surface area contributed by atoms with Crippen LogP contribution in [0.1, 0.15) is 18.9 Å². The lowest BCUT2D eigenvalue weighted by molar-refractivity contribution is 0.627. The first-order valence-corrected chi connectivity index (χ1v) is 6.41. The van der Waals surface area contributed by atoms with Gasteiger partial charge in [0.1, 0.15) is 5.82 Å². The summed E-state index contributed by atoms with van der Waals surface area (Å²) in [6, 6.07) is 14.8. The van der Waals surface area contributed by atoms with Crippen LogP contribution in [-0.4, -0.2) is 11.8 Å². The molecule has 2 aromatic carbocycles. The number of aliphatic imine (C=N–C) groups is 1. The quantitative estimate of drug-likeness (QED) is 0.812. The van der Waals surface area contributed by atoms with Crippen molar-refractivity contribution in [1.29, 1.82) is 0 Å². The van der Waals surface area contributed by atoms with Crippen molar-refractivity contribution in [2.75, 3.05) is 5.32 Å². The van der Waals surface area contributed by atoms with E-state index in [0.29, 0.717) is 6.04 Å². The first kappa shape index (κ1) is 11.9. The average Bonchev–Trinajstić information content (AvgIpc) is 2.57. The lowest BCUT2D eigenvalue weighted by atomic mass is 10.0. The Labute approximate surface area is 112 Å². The summed E-state index contributed by atoms with van der Waals surface area (Å²) in [5.74, 6) is -0.218. The van der Waals surface area contributed by atoms with Crippen LogP contribution in [0.15, 0.2) is 53.5 Å². The third-order valence-corrected chi connectivity index (χ3v) is 3.24. The van der Waals surface area contributed by atoms with Gasteiger partial charge in [0.05, 0.1) is 17.1 Å². The summed E-state index contributed by atoms with van der Waals surface area (Å²) in [7, 11) is 0. The molecular formula is C16H15FN2. The van der Waals surface area contributed by atoms with Gasteiger partial charge >= 0.3 is 0 Å². The minimum absolute atomic E-state index is 0.218. The van der Waals surface area contributed by atoms with E-state index in [1.807, 2.05) is 24.3 Å². The van der Waals surface area contributed by atoms with Crippen LogP contribution in [0.25, 0.3) is 0 Å². The fraction of sp³-hybridized carbons (Fsp3) is 0.188.